The highest BCUT2D eigenvalue weighted by Crippen LogP contribution is 2.21. The standard InChI is InChI=1S/C10H16N4O/c11-9-5-13-10(6-12-9)14-7-3-1-2-4-8(7)15/h5-8,15H,1-4H2,(H2,11,12)(H,13,14). The van der Waals surface area contributed by atoms with Crippen LogP contribution in [-0.4, -0.2) is 27.2 Å². The van der Waals surface area contributed by atoms with E-state index >= 15 is 0 Å². The van der Waals surface area contributed by atoms with E-state index in [-0.39, 0.29) is 12.1 Å². The van der Waals surface area contributed by atoms with E-state index in [1.165, 1.54) is 6.20 Å². The van der Waals surface area contributed by atoms with Gasteiger partial charge in [0.25, 0.3) is 0 Å². The molecular formula is C10H16N4O. The molecular weight excluding hydrogens is 192 g/mol. The van der Waals surface area contributed by atoms with Gasteiger partial charge in [-0.2, -0.15) is 0 Å². The van der Waals surface area contributed by atoms with Crippen LogP contribution in [0.2, 0.25) is 0 Å². The van der Waals surface area contributed by atoms with Gasteiger partial charge in [-0.1, -0.05) is 12.8 Å². The predicted octanol–water partition coefficient (Wildman–Crippen LogP) is 0.774. The Balaban J connectivity index is 1.98. The summed E-state index contributed by atoms with van der Waals surface area (Å²) in [5.74, 6) is 1.08. The molecule has 1 aliphatic carbocycles. The Morgan fingerprint density at radius 3 is 2.73 bits per heavy atom. The number of nitrogens with one attached hydrogen (secondary N) is 1. The first-order chi connectivity index (χ1) is 7.25. The van der Waals surface area contributed by atoms with Gasteiger partial charge in [0.05, 0.1) is 24.5 Å². The first-order valence-corrected chi connectivity index (χ1v) is 5.28. The summed E-state index contributed by atoms with van der Waals surface area (Å²) in [6.45, 7) is 0. The van der Waals surface area contributed by atoms with Crippen molar-refractivity contribution >= 4 is 11.6 Å². The summed E-state index contributed by atoms with van der Waals surface area (Å²) in [6, 6.07) is 0.0941. The van der Waals surface area contributed by atoms with E-state index in [4.69, 9.17) is 5.73 Å². The van der Waals surface area contributed by atoms with Crippen molar-refractivity contribution < 1.29 is 5.11 Å². The lowest BCUT2D eigenvalue weighted by Gasteiger charge is -2.28. The van der Waals surface area contributed by atoms with Crippen LogP contribution < -0.4 is 11.1 Å². The van der Waals surface area contributed by atoms with Crippen molar-refractivity contribution in [2.24, 2.45) is 0 Å². The fourth-order valence-electron chi connectivity index (χ4n) is 1.88. The van der Waals surface area contributed by atoms with Gasteiger partial charge >= 0.3 is 0 Å². The fourth-order valence-corrected chi connectivity index (χ4v) is 1.88. The van der Waals surface area contributed by atoms with Gasteiger partial charge in [0.1, 0.15) is 11.6 Å². The molecule has 1 aromatic heterocycles. The third-order valence-corrected chi connectivity index (χ3v) is 2.73. The van der Waals surface area contributed by atoms with Gasteiger partial charge in [-0.05, 0) is 12.8 Å². The number of anilines is 2. The molecule has 0 aromatic carbocycles. The van der Waals surface area contributed by atoms with E-state index in [9.17, 15) is 5.11 Å². The lowest BCUT2D eigenvalue weighted by molar-refractivity contribution is 0.116. The fraction of sp³-hybridized carbons (Fsp3) is 0.600. The lowest BCUT2D eigenvalue weighted by atomic mass is 9.93. The molecule has 2 unspecified atom stereocenters. The third kappa shape index (κ3) is 2.56. The molecule has 1 aromatic rings. The number of hydrogen-bond donors (Lipinski definition) is 3. The molecule has 1 saturated carbocycles. The van der Waals surface area contributed by atoms with Crippen molar-refractivity contribution in [3.63, 3.8) is 0 Å². The molecule has 15 heavy (non-hydrogen) atoms. The monoisotopic (exact) mass is 208 g/mol. The molecule has 0 bridgehead atoms. The Kier molecular flexibility index (Phi) is 3.01. The van der Waals surface area contributed by atoms with Gasteiger partial charge in [0.2, 0.25) is 0 Å². The summed E-state index contributed by atoms with van der Waals surface area (Å²) in [4.78, 5) is 8.04. The molecule has 0 radical (unpaired) electrons. The number of hydrogen-bond acceptors (Lipinski definition) is 5. The maximum Gasteiger partial charge on any atom is 0.144 e. The molecule has 0 spiro atoms. The van der Waals surface area contributed by atoms with E-state index < -0.39 is 0 Å². The second-order valence-electron chi connectivity index (χ2n) is 3.93. The third-order valence-electron chi connectivity index (χ3n) is 2.73. The summed E-state index contributed by atoms with van der Waals surface area (Å²) < 4.78 is 0. The molecule has 0 amide bonds. The van der Waals surface area contributed by atoms with Crippen molar-refractivity contribution in [3.8, 4) is 0 Å². The molecule has 1 fully saturated rings. The highest BCUT2D eigenvalue weighted by atomic mass is 16.3. The lowest BCUT2D eigenvalue weighted by Crippen LogP contribution is -2.36. The molecule has 1 heterocycles. The molecule has 2 rings (SSSR count). The quantitative estimate of drug-likeness (QED) is 0.668. The maximum absolute atomic E-state index is 9.75. The molecule has 5 nitrogen and oxygen atoms in total. The van der Waals surface area contributed by atoms with Crippen LogP contribution in [0, 0.1) is 0 Å². The Morgan fingerprint density at radius 1 is 1.27 bits per heavy atom. The number of nitrogen functional groups attached to an aromatic ring is 1. The molecule has 4 N–H and O–H groups in total. The van der Waals surface area contributed by atoms with Crippen LogP contribution in [0.1, 0.15) is 25.7 Å². The number of aromatic nitrogens is 2. The van der Waals surface area contributed by atoms with Gasteiger partial charge in [-0.25, -0.2) is 9.97 Å². The second-order valence-corrected chi connectivity index (χ2v) is 3.93. The topological polar surface area (TPSA) is 84.1 Å². The van der Waals surface area contributed by atoms with Gasteiger partial charge in [0.15, 0.2) is 0 Å². The summed E-state index contributed by atoms with van der Waals surface area (Å²) in [5, 5.41) is 12.9. The van der Waals surface area contributed by atoms with Crippen LogP contribution in [-0.2, 0) is 0 Å². The van der Waals surface area contributed by atoms with Crippen LogP contribution in [0.4, 0.5) is 11.6 Å². The molecule has 5 heteroatoms. The average Bonchev–Trinajstić information content (AvgIpc) is 2.25. The smallest absolute Gasteiger partial charge is 0.144 e. The van der Waals surface area contributed by atoms with E-state index in [1.54, 1.807) is 6.20 Å². The molecule has 2 atom stereocenters. The Bertz CT molecular complexity index is 314. The van der Waals surface area contributed by atoms with Gasteiger partial charge < -0.3 is 16.2 Å². The average molecular weight is 208 g/mol. The zero-order chi connectivity index (χ0) is 10.7. The summed E-state index contributed by atoms with van der Waals surface area (Å²) >= 11 is 0. The molecule has 0 saturated heterocycles. The van der Waals surface area contributed by atoms with E-state index in [2.05, 4.69) is 15.3 Å². The highest BCUT2D eigenvalue weighted by molar-refractivity contribution is 5.37. The predicted molar refractivity (Wildman–Crippen MR) is 58.3 cm³/mol. The van der Waals surface area contributed by atoms with Crippen LogP contribution in [0.3, 0.4) is 0 Å². The number of nitrogens with zero attached hydrogens (tertiary/aromatic N) is 2. The van der Waals surface area contributed by atoms with Crippen molar-refractivity contribution in [2.45, 2.75) is 37.8 Å². The number of aliphatic hydroxyl groups is 1. The second kappa shape index (κ2) is 4.44. The zero-order valence-corrected chi connectivity index (χ0v) is 8.56. The van der Waals surface area contributed by atoms with Gasteiger partial charge in [0, 0.05) is 0 Å². The van der Waals surface area contributed by atoms with Crippen LogP contribution >= 0.6 is 0 Å². The van der Waals surface area contributed by atoms with Crippen LogP contribution in [0.25, 0.3) is 0 Å². The maximum atomic E-state index is 9.75. The SMILES string of the molecule is Nc1cnc(NC2CCCCC2O)cn1. The zero-order valence-electron chi connectivity index (χ0n) is 8.56. The number of nitrogens with two attached hydrogens (primary N) is 1. The van der Waals surface area contributed by atoms with Gasteiger partial charge in [-0.3, -0.25) is 0 Å². The van der Waals surface area contributed by atoms with E-state index in [0.717, 1.165) is 25.7 Å². The van der Waals surface area contributed by atoms with Crippen LogP contribution in [0.5, 0.6) is 0 Å². The normalized spacial score (nSPS) is 26.2. The Hall–Kier alpha value is -1.36. The van der Waals surface area contributed by atoms with Crippen molar-refractivity contribution in [3.05, 3.63) is 12.4 Å². The Morgan fingerprint density at radius 2 is 2.07 bits per heavy atom. The number of rotatable bonds is 2. The van der Waals surface area contributed by atoms with E-state index in [1.807, 2.05) is 0 Å². The summed E-state index contributed by atoms with van der Waals surface area (Å²) in [6.07, 6.45) is 6.92. The molecule has 0 aliphatic heterocycles. The van der Waals surface area contributed by atoms with Crippen molar-refractivity contribution in [1.29, 1.82) is 0 Å². The van der Waals surface area contributed by atoms with Crippen molar-refractivity contribution in [1.82, 2.24) is 9.97 Å². The first kappa shape index (κ1) is 10.2. The minimum Gasteiger partial charge on any atom is -0.391 e. The summed E-state index contributed by atoms with van der Waals surface area (Å²) in [7, 11) is 0. The van der Waals surface area contributed by atoms with Crippen molar-refractivity contribution in [2.75, 3.05) is 11.1 Å². The summed E-state index contributed by atoms with van der Waals surface area (Å²) in [5.41, 5.74) is 5.44. The molecule has 82 valence electrons. The largest absolute Gasteiger partial charge is 0.391 e. The molecule has 1 aliphatic rings. The van der Waals surface area contributed by atoms with Gasteiger partial charge in [-0.15, -0.1) is 0 Å². The number of aliphatic hydroxyl groups excluding tert-OH is 1. The highest BCUT2D eigenvalue weighted by Gasteiger charge is 2.22. The Labute approximate surface area is 88.7 Å². The minimum atomic E-state index is -0.280. The van der Waals surface area contributed by atoms with E-state index in [0.29, 0.717) is 11.6 Å². The van der Waals surface area contributed by atoms with Crippen LogP contribution in [0.15, 0.2) is 12.4 Å². The minimum absolute atomic E-state index is 0.0941. The first-order valence-electron chi connectivity index (χ1n) is 5.28.